The molecule has 1 heterocycles. The molecule has 1 N–H and O–H groups in total. The highest BCUT2D eigenvalue weighted by Crippen LogP contribution is 2.27. The molecule has 1 amide bonds. The fourth-order valence-electron chi connectivity index (χ4n) is 3.38. The molecule has 1 aromatic rings. The minimum absolute atomic E-state index is 0.193. The van der Waals surface area contributed by atoms with Gasteiger partial charge in [-0.15, -0.1) is 0 Å². The van der Waals surface area contributed by atoms with Gasteiger partial charge in [0.05, 0.1) is 12.1 Å². The Morgan fingerprint density at radius 2 is 2.11 bits per heavy atom. The van der Waals surface area contributed by atoms with Crippen molar-refractivity contribution in [1.82, 2.24) is 5.32 Å². The number of aliphatic imine (C=N–C) groups is 1. The van der Waals surface area contributed by atoms with Gasteiger partial charge in [0.25, 0.3) is 5.91 Å². The Labute approximate surface area is 169 Å². The predicted molar refractivity (Wildman–Crippen MR) is 112 cm³/mol. The van der Waals surface area contributed by atoms with Gasteiger partial charge in [-0.25, -0.2) is 4.79 Å². The average Bonchev–Trinajstić information content (AvgIpc) is 3.20. The number of benzene rings is 1. The molecule has 0 saturated heterocycles. The van der Waals surface area contributed by atoms with Gasteiger partial charge in [-0.2, -0.15) is 0 Å². The van der Waals surface area contributed by atoms with Crippen LogP contribution in [-0.4, -0.2) is 41.2 Å². The number of carbonyl (C=O) groups excluding carboxylic acids is 2. The van der Waals surface area contributed by atoms with Crippen LogP contribution in [-0.2, 0) is 15.3 Å². The minimum Gasteiger partial charge on any atom is -0.452 e. The second-order valence-corrected chi connectivity index (χ2v) is 9.26. The van der Waals surface area contributed by atoms with Gasteiger partial charge < -0.3 is 10.1 Å². The monoisotopic (exact) mass is 406 g/mol. The van der Waals surface area contributed by atoms with Crippen molar-refractivity contribution in [3.05, 3.63) is 35.4 Å². The van der Waals surface area contributed by atoms with E-state index >= 15 is 0 Å². The molecule has 27 heavy (non-hydrogen) atoms. The maximum Gasteiger partial charge on any atom is 0.338 e. The van der Waals surface area contributed by atoms with Crippen molar-refractivity contribution in [3.8, 4) is 0 Å². The lowest BCUT2D eigenvalue weighted by Gasteiger charge is -2.29. The second kappa shape index (κ2) is 10.2. The predicted octanol–water partition coefficient (Wildman–Crippen LogP) is 3.87. The number of hydrogen-bond acceptors (Lipinski definition) is 6. The number of thioether (sulfide) groups is 2. The fourth-order valence-corrected chi connectivity index (χ4v) is 5.39. The first-order valence-corrected chi connectivity index (χ1v) is 11.4. The number of amides is 1. The highest BCUT2D eigenvalue weighted by Gasteiger charge is 2.23. The third-order valence-electron chi connectivity index (χ3n) is 4.94. The van der Waals surface area contributed by atoms with Gasteiger partial charge in [0.2, 0.25) is 0 Å². The van der Waals surface area contributed by atoms with E-state index in [1.54, 1.807) is 29.6 Å². The van der Waals surface area contributed by atoms with Crippen molar-refractivity contribution in [2.24, 2.45) is 10.9 Å². The van der Waals surface area contributed by atoms with E-state index in [4.69, 9.17) is 4.74 Å². The molecule has 2 aliphatic rings. The van der Waals surface area contributed by atoms with Crippen LogP contribution in [0, 0.1) is 5.92 Å². The van der Waals surface area contributed by atoms with Gasteiger partial charge >= 0.3 is 5.97 Å². The molecular weight excluding hydrogens is 380 g/mol. The fraction of sp³-hybridized carbons (Fsp3) is 0.550. The Bertz CT molecular complexity index is 708. The van der Waals surface area contributed by atoms with Crippen LogP contribution < -0.4 is 5.32 Å². The number of carbonyl (C=O) groups is 2. The third-order valence-corrected chi connectivity index (χ3v) is 7.24. The molecule has 1 aliphatic carbocycles. The number of nitrogens with one attached hydrogen (secondary N) is 1. The molecule has 0 bridgehead atoms. The zero-order valence-corrected chi connectivity index (χ0v) is 17.2. The first-order valence-electron chi connectivity index (χ1n) is 9.48. The first-order chi connectivity index (χ1) is 13.1. The summed E-state index contributed by atoms with van der Waals surface area (Å²) in [7, 11) is 0. The molecule has 146 valence electrons. The Morgan fingerprint density at radius 1 is 1.30 bits per heavy atom. The van der Waals surface area contributed by atoms with E-state index in [0.717, 1.165) is 41.5 Å². The van der Waals surface area contributed by atoms with Crippen molar-refractivity contribution in [1.29, 1.82) is 0 Å². The van der Waals surface area contributed by atoms with E-state index in [1.165, 1.54) is 6.42 Å². The summed E-state index contributed by atoms with van der Waals surface area (Å²) in [6, 6.07) is 7.60. The largest absolute Gasteiger partial charge is 0.452 e. The molecule has 1 aromatic carbocycles. The Hall–Kier alpha value is -1.47. The third kappa shape index (κ3) is 6.01. The van der Waals surface area contributed by atoms with Gasteiger partial charge in [0.15, 0.2) is 6.61 Å². The number of rotatable bonds is 6. The van der Waals surface area contributed by atoms with Crippen LogP contribution in [0.25, 0.3) is 0 Å². The summed E-state index contributed by atoms with van der Waals surface area (Å²) in [4.78, 5) is 29.1. The second-order valence-electron chi connectivity index (χ2n) is 6.95. The van der Waals surface area contributed by atoms with Gasteiger partial charge in [-0.3, -0.25) is 9.79 Å². The lowest BCUT2D eigenvalue weighted by molar-refractivity contribution is -0.125. The summed E-state index contributed by atoms with van der Waals surface area (Å²) >= 11 is 3.39. The quantitative estimate of drug-likeness (QED) is 0.726. The molecule has 2 atom stereocenters. The Balaban J connectivity index is 1.50. The van der Waals surface area contributed by atoms with E-state index in [9.17, 15) is 9.59 Å². The van der Waals surface area contributed by atoms with Gasteiger partial charge in [-0.05, 0) is 30.4 Å². The smallest absolute Gasteiger partial charge is 0.338 e. The molecule has 0 spiro atoms. The van der Waals surface area contributed by atoms with E-state index in [0.29, 0.717) is 17.2 Å². The van der Waals surface area contributed by atoms with Crippen molar-refractivity contribution in [2.45, 2.75) is 44.4 Å². The Morgan fingerprint density at radius 3 is 2.89 bits per heavy atom. The molecular formula is C20H26N2O3S2. The molecule has 1 aliphatic heterocycles. The molecule has 3 rings (SSSR count). The summed E-state index contributed by atoms with van der Waals surface area (Å²) in [5.41, 5.74) is 1.43. The van der Waals surface area contributed by atoms with Crippen LogP contribution in [0.5, 0.6) is 0 Å². The highest BCUT2D eigenvalue weighted by molar-refractivity contribution is 8.38. The summed E-state index contributed by atoms with van der Waals surface area (Å²) < 4.78 is 6.35. The summed E-state index contributed by atoms with van der Waals surface area (Å²) in [6.45, 7) is 2.80. The van der Waals surface area contributed by atoms with Crippen LogP contribution >= 0.6 is 23.5 Å². The maximum atomic E-state index is 12.5. The number of esters is 1. The summed E-state index contributed by atoms with van der Waals surface area (Å²) in [5.74, 6) is 1.51. The van der Waals surface area contributed by atoms with Crippen LogP contribution in [0.2, 0.25) is 0 Å². The van der Waals surface area contributed by atoms with Crippen LogP contribution in [0.4, 0.5) is 0 Å². The zero-order chi connectivity index (χ0) is 19.1. The molecule has 0 aromatic heterocycles. The Kier molecular flexibility index (Phi) is 7.64. The lowest BCUT2D eigenvalue weighted by Crippen LogP contribution is -2.42. The number of nitrogens with zero attached hydrogens (tertiary/aromatic N) is 1. The van der Waals surface area contributed by atoms with E-state index in [-0.39, 0.29) is 18.6 Å². The van der Waals surface area contributed by atoms with Gasteiger partial charge in [0, 0.05) is 17.5 Å². The molecule has 1 saturated carbocycles. The summed E-state index contributed by atoms with van der Waals surface area (Å²) in [6.07, 6.45) is 4.51. The first kappa shape index (κ1) is 20.3. The van der Waals surface area contributed by atoms with Crippen molar-refractivity contribution >= 4 is 39.8 Å². The molecule has 5 nitrogen and oxygen atoms in total. The van der Waals surface area contributed by atoms with E-state index in [1.807, 2.05) is 18.2 Å². The van der Waals surface area contributed by atoms with Gasteiger partial charge in [0.1, 0.15) is 4.38 Å². The normalized spacial score (nSPS) is 22.2. The van der Waals surface area contributed by atoms with Gasteiger partial charge in [-0.1, -0.05) is 61.5 Å². The topological polar surface area (TPSA) is 67.8 Å². The highest BCUT2D eigenvalue weighted by atomic mass is 32.2. The van der Waals surface area contributed by atoms with Crippen molar-refractivity contribution < 1.29 is 14.3 Å². The van der Waals surface area contributed by atoms with Crippen LogP contribution in [0.15, 0.2) is 29.3 Å². The van der Waals surface area contributed by atoms with Crippen molar-refractivity contribution in [3.63, 3.8) is 0 Å². The maximum absolute atomic E-state index is 12.5. The summed E-state index contributed by atoms with van der Waals surface area (Å²) in [5, 5.41) is 3.01. The standard InChI is InChI=1S/C20H26N2O3S2/c1-14-6-2-5-9-17(14)22-18(23)12-25-19(24)16-8-4-3-7-15(16)13-27-20-21-10-11-26-20/h3-4,7-8,14,17H,2,5-6,9-13H2,1H3,(H,22,23). The molecule has 1 fully saturated rings. The van der Waals surface area contributed by atoms with E-state index < -0.39 is 5.97 Å². The van der Waals surface area contributed by atoms with E-state index in [2.05, 4.69) is 17.2 Å². The minimum atomic E-state index is -0.445. The lowest BCUT2D eigenvalue weighted by atomic mass is 9.86. The van der Waals surface area contributed by atoms with Crippen LogP contribution in [0.3, 0.4) is 0 Å². The van der Waals surface area contributed by atoms with Crippen LogP contribution in [0.1, 0.15) is 48.5 Å². The van der Waals surface area contributed by atoms with Crippen molar-refractivity contribution in [2.75, 3.05) is 18.9 Å². The molecule has 2 unspecified atom stereocenters. The number of ether oxygens (including phenoxy) is 1. The number of hydrogen-bond donors (Lipinski definition) is 1. The molecule has 7 heteroatoms. The SMILES string of the molecule is CC1CCCCC1NC(=O)COC(=O)c1ccccc1CSC1=NCCS1. The molecule has 0 radical (unpaired) electrons. The average molecular weight is 407 g/mol. The zero-order valence-electron chi connectivity index (χ0n) is 15.6.